The van der Waals surface area contributed by atoms with Crippen molar-refractivity contribution in [1.29, 1.82) is 0 Å². The summed E-state index contributed by atoms with van der Waals surface area (Å²) in [5.74, 6) is 1.68. The van der Waals surface area contributed by atoms with Crippen molar-refractivity contribution in [2.45, 2.75) is 6.54 Å². The molecular formula is C10H11N4OPS. The Morgan fingerprint density at radius 3 is 3.12 bits per heavy atom. The molecule has 2 aromatic rings. The average molecular weight is 266 g/mol. The normalized spacial score (nSPS) is 12.8. The number of hydrogen-bond donors (Lipinski definition) is 3. The molecule has 2 heterocycles. The van der Waals surface area contributed by atoms with E-state index in [1.54, 1.807) is 6.20 Å². The largest absolute Gasteiger partial charge is 0.480 e. The summed E-state index contributed by atoms with van der Waals surface area (Å²) in [6, 6.07) is 5.79. The lowest BCUT2D eigenvalue weighted by molar-refractivity contribution is 0.646. The van der Waals surface area contributed by atoms with Crippen LogP contribution < -0.4 is 15.2 Å². The van der Waals surface area contributed by atoms with Crippen LogP contribution in [0.1, 0.15) is 5.56 Å². The molecule has 17 heavy (non-hydrogen) atoms. The first-order chi connectivity index (χ1) is 8.28. The van der Waals surface area contributed by atoms with Crippen molar-refractivity contribution in [2.75, 3.05) is 10.6 Å². The highest BCUT2D eigenvalue weighted by molar-refractivity contribution is 7.78. The molecule has 0 spiro atoms. The van der Waals surface area contributed by atoms with Crippen molar-refractivity contribution < 1.29 is 4.52 Å². The zero-order valence-electron chi connectivity index (χ0n) is 8.84. The lowest BCUT2D eigenvalue weighted by Gasteiger charge is -2.10. The van der Waals surface area contributed by atoms with Crippen LogP contribution in [-0.4, -0.2) is 9.19 Å². The predicted octanol–water partition coefficient (Wildman–Crippen LogP) is 2.41. The van der Waals surface area contributed by atoms with E-state index >= 15 is 0 Å². The van der Waals surface area contributed by atoms with Crippen LogP contribution in [0.3, 0.4) is 0 Å². The molecule has 1 aromatic heterocycles. The molecule has 1 aromatic carbocycles. The van der Waals surface area contributed by atoms with Gasteiger partial charge in [0, 0.05) is 18.2 Å². The highest BCUT2D eigenvalue weighted by Gasteiger charge is 2.16. The van der Waals surface area contributed by atoms with E-state index in [4.69, 9.17) is 4.52 Å². The van der Waals surface area contributed by atoms with Crippen molar-refractivity contribution in [3.05, 3.63) is 30.0 Å². The molecule has 88 valence electrons. The van der Waals surface area contributed by atoms with Crippen molar-refractivity contribution in [3.63, 3.8) is 0 Å². The molecule has 1 atom stereocenters. The average Bonchev–Trinajstić information content (AvgIpc) is 2.61. The fraction of sp³-hybridized carbons (Fsp3) is 0.100. The molecule has 0 saturated carbocycles. The minimum absolute atomic E-state index is 0.705. The fourth-order valence-corrected chi connectivity index (χ4v) is 2.18. The van der Waals surface area contributed by atoms with Gasteiger partial charge in [-0.15, -0.1) is 0 Å². The molecule has 0 fully saturated rings. The van der Waals surface area contributed by atoms with Crippen LogP contribution in [0.15, 0.2) is 24.4 Å². The van der Waals surface area contributed by atoms with E-state index in [2.05, 4.69) is 38.0 Å². The van der Waals surface area contributed by atoms with Crippen LogP contribution in [0.2, 0.25) is 0 Å². The molecule has 1 unspecified atom stereocenters. The van der Waals surface area contributed by atoms with E-state index in [1.807, 2.05) is 18.2 Å². The lowest BCUT2D eigenvalue weighted by atomic mass is 10.2. The van der Waals surface area contributed by atoms with Crippen LogP contribution in [0, 0.1) is 0 Å². The van der Waals surface area contributed by atoms with E-state index in [0.29, 0.717) is 6.54 Å². The molecule has 0 radical (unpaired) electrons. The molecule has 1 aliphatic heterocycles. The molecule has 0 amide bonds. The molecule has 1 aliphatic rings. The third-order valence-electron chi connectivity index (χ3n) is 2.68. The number of nitrogens with zero attached hydrogens (tertiary/aromatic N) is 2. The summed E-state index contributed by atoms with van der Waals surface area (Å²) < 4.78 is 6.65. The summed E-state index contributed by atoms with van der Waals surface area (Å²) in [5.41, 5.74) is 3.05. The Labute approximate surface area is 106 Å². The van der Waals surface area contributed by atoms with E-state index in [9.17, 15) is 0 Å². The van der Waals surface area contributed by atoms with E-state index in [1.165, 1.54) is 4.09 Å². The van der Waals surface area contributed by atoms with Gasteiger partial charge in [0.05, 0.1) is 27.0 Å². The number of thiol groups is 1. The predicted molar refractivity (Wildman–Crippen MR) is 74.0 cm³/mol. The third-order valence-corrected chi connectivity index (χ3v) is 3.25. The van der Waals surface area contributed by atoms with Crippen LogP contribution >= 0.6 is 22.3 Å². The maximum absolute atomic E-state index is 5.12. The van der Waals surface area contributed by atoms with Gasteiger partial charge in [0.1, 0.15) is 11.6 Å². The summed E-state index contributed by atoms with van der Waals surface area (Å²) in [6.07, 6.45) is 1.79. The second-order valence-electron chi connectivity index (χ2n) is 3.71. The Morgan fingerprint density at radius 1 is 1.41 bits per heavy atom. The van der Waals surface area contributed by atoms with Gasteiger partial charge in [0.2, 0.25) is 0 Å². The Bertz CT molecular complexity index is 571. The van der Waals surface area contributed by atoms with Gasteiger partial charge in [-0.3, -0.25) is 0 Å². The van der Waals surface area contributed by atoms with Crippen molar-refractivity contribution >= 4 is 39.5 Å². The second-order valence-corrected chi connectivity index (χ2v) is 4.33. The van der Waals surface area contributed by atoms with Crippen LogP contribution in [-0.2, 0) is 6.54 Å². The summed E-state index contributed by atoms with van der Waals surface area (Å²) in [6.45, 7) is 0.705. The quantitative estimate of drug-likeness (QED) is 0.548. The SMILES string of the molecule is POc1ccc2c(c1)NCc1cnn(S)c1N2. The molecule has 0 bridgehead atoms. The van der Waals surface area contributed by atoms with Gasteiger partial charge in [0.15, 0.2) is 0 Å². The number of rotatable bonds is 1. The maximum Gasteiger partial charge on any atom is 0.145 e. The smallest absolute Gasteiger partial charge is 0.145 e. The molecule has 0 aliphatic carbocycles. The molecule has 7 heteroatoms. The van der Waals surface area contributed by atoms with Gasteiger partial charge < -0.3 is 15.2 Å². The van der Waals surface area contributed by atoms with Crippen molar-refractivity contribution in [1.82, 2.24) is 9.19 Å². The van der Waals surface area contributed by atoms with Gasteiger partial charge in [-0.2, -0.15) is 9.19 Å². The maximum atomic E-state index is 5.12. The summed E-state index contributed by atoms with van der Waals surface area (Å²) in [7, 11) is 2.24. The third kappa shape index (κ3) is 1.83. The zero-order chi connectivity index (χ0) is 11.8. The molecule has 3 rings (SSSR count). The Balaban J connectivity index is 2.05. The number of nitrogens with one attached hydrogen (secondary N) is 2. The number of benzene rings is 1. The highest BCUT2D eigenvalue weighted by Crippen LogP contribution is 2.34. The summed E-state index contributed by atoms with van der Waals surface area (Å²) in [4.78, 5) is 0. The highest BCUT2D eigenvalue weighted by atomic mass is 32.1. The standard InChI is InChI=1S/C10H11N4OPS/c16-15-7-1-2-8-9(3-7)11-4-6-5-12-14(17)10(6)13-8/h1-3,5,11,13,17H,4,16H2. The Hall–Kier alpha value is -1.39. The molecule has 0 saturated heterocycles. The Morgan fingerprint density at radius 2 is 2.29 bits per heavy atom. The van der Waals surface area contributed by atoms with E-state index in [-0.39, 0.29) is 0 Å². The first kappa shape index (κ1) is 10.7. The van der Waals surface area contributed by atoms with E-state index in [0.717, 1.165) is 28.5 Å². The van der Waals surface area contributed by atoms with E-state index < -0.39 is 0 Å². The molecular weight excluding hydrogens is 255 g/mol. The summed E-state index contributed by atoms with van der Waals surface area (Å²) in [5, 5.41) is 10.7. The molecule has 2 N–H and O–H groups in total. The second kappa shape index (κ2) is 4.13. The fourth-order valence-electron chi connectivity index (χ4n) is 1.80. The molecule has 5 nitrogen and oxygen atoms in total. The number of aromatic nitrogens is 2. The number of fused-ring (bicyclic) bond motifs is 2. The minimum Gasteiger partial charge on any atom is -0.480 e. The van der Waals surface area contributed by atoms with Gasteiger partial charge in [-0.25, -0.2) is 0 Å². The number of anilines is 3. The lowest BCUT2D eigenvalue weighted by Crippen LogP contribution is -1.97. The number of hydrogen-bond acceptors (Lipinski definition) is 5. The first-order valence-electron chi connectivity index (χ1n) is 5.06. The van der Waals surface area contributed by atoms with Gasteiger partial charge in [0.25, 0.3) is 0 Å². The topological polar surface area (TPSA) is 51.1 Å². The van der Waals surface area contributed by atoms with Crippen LogP contribution in [0.4, 0.5) is 17.2 Å². The zero-order valence-corrected chi connectivity index (χ0v) is 10.9. The van der Waals surface area contributed by atoms with Gasteiger partial charge >= 0.3 is 0 Å². The van der Waals surface area contributed by atoms with Gasteiger partial charge in [-0.1, -0.05) is 0 Å². The monoisotopic (exact) mass is 266 g/mol. The van der Waals surface area contributed by atoms with Gasteiger partial charge in [-0.05, 0) is 24.9 Å². The van der Waals surface area contributed by atoms with Crippen LogP contribution in [0.5, 0.6) is 5.75 Å². The Kier molecular flexibility index (Phi) is 2.61. The minimum atomic E-state index is 0.705. The van der Waals surface area contributed by atoms with Crippen LogP contribution in [0.25, 0.3) is 0 Å². The van der Waals surface area contributed by atoms with Crippen molar-refractivity contribution in [2.24, 2.45) is 0 Å². The van der Waals surface area contributed by atoms with Crippen molar-refractivity contribution in [3.8, 4) is 5.75 Å². The summed E-state index contributed by atoms with van der Waals surface area (Å²) >= 11 is 4.25. The first-order valence-corrected chi connectivity index (χ1v) is 5.93.